The average Bonchev–Trinajstić information content (AvgIpc) is 2.79. The summed E-state index contributed by atoms with van der Waals surface area (Å²) in [5.74, 6) is 1.44. The van der Waals surface area contributed by atoms with E-state index in [4.69, 9.17) is 0 Å². The van der Waals surface area contributed by atoms with Gasteiger partial charge in [0, 0.05) is 30.6 Å². The van der Waals surface area contributed by atoms with Gasteiger partial charge in [-0.25, -0.2) is 8.42 Å². The molecule has 7 heteroatoms. The summed E-state index contributed by atoms with van der Waals surface area (Å²) in [6.07, 6.45) is 9.83. The molecule has 1 aromatic rings. The maximum atomic E-state index is 13.0. The van der Waals surface area contributed by atoms with E-state index >= 15 is 0 Å². The summed E-state index contributed by atoms with van der Waals surface area (Å²) in [4.78, 5) is 24.6. The van der Waals surface area contributed by atoms with Crippen molar-refractivity contribution in [3.8, 4) is 0 Å². The monoisotopic (exact) mass is 446 g/mol. The molecular weight excluding hydrogens is 412 g/mol. The second-order valence-corrected chi connectivity index (χ2v) is 11.5. The largest absolute Gasteiger partial charge is 0.353 e. The Kier molecular flexibility index (Phi) is 6.82. The van der Waals surface area contributed by atoms with Crippen molar-refractivity contribution in [2.45, 2.75) is 75.6 Å². The van der Waals surface area contributed by atoms with Gasteiger partial charge in [0.05, 0.1) is 4.90 Å². The summed E-state index contributed by atoms with van der Waals surface area (Å²) in [6, 6.07) is 6.48. The third-order valence-electron chi connectivity index (χ3n) is 7.59. The molecule has 2 aliphatic carbocycles. The SMILES string of the molecule is CC(=O)c1cccc(S(=O)(=O)N2CCC(C(=O)N[C@@H]3CC[C@@H]4CCCC[C@@H]4C3)CC2)c1. The Bertz CT molecular complexity index is 921. The third kappa shape index (κ3) is 5.03. The Morgan fingerprint density at radius 2 is 1.68 bits per heavy atom. The van der Waals surface area contributed by atoms with Crippen LogP contribution in [0.2, 0.25) is 0 Å². The zero-order chi connectivity index (χ0) is 22.0. The minimum atomic E-state index is -3.66. The standard InChI is InChI=1S/C24H34N2O4S/c1-17(27)20-7-4-8-23(16-20)31(29,30)26-13-11-19(12-14-26)24(28)25-22-10-9-18-5-2-3-6-21(18)15-22/h4,7-8,16,18-19,21-22H,2-3,5-6,9-15H2,1H3,(H,25,28)/t18-,21+,22+/m0/s1. The molecule has 0 radical (unpaired) electrons. The Morgan fingerprint density at radius 3 is 2.39 bits per heavy atom. The van der Waals surface area contributed by atoms with Crippen LogP contribution in [-0.4, -0.2) is 43.5 Å². The first-order chi connectivity index (χ1) is 14.8. The topological polar surface area (TPSA) is 83.6 Å². The number of benzene rings is 1. The lowest BCUT2D eigenvalue weighted by Gasteiger charge is -2.40. The number of carbonyl (C=O) groups excluding carboxylic acids is 2. The van der Waals surface area contributed by atoms with Crippen molar-refractivity contribution in [1.82, 2.24) is 9.62 Å². The van der Waals surface area contributed by atoms with E-state index in [0.29, 0.717) is 31.5 Å². The van der Waals surface area contributed by atoms with Gasteiger partial charge in [0.2, 0.25) is 15.9 Å². The molecule has 6 nitrogen and oxygen atoms in total. The zero-order valence-electron chi connectivity index (χ0n) is 18.4. The smallest absolute Gasteiger partial charge is 0.243 e. The molecule has 3 fully saturated rings. The van der Waals surface area contributed by atoms with Gasteiger partial charge in [0.1, 0.15) is 0 Å². The average molecular weight is 447 g/mol. The lowest BCUT2D eigenvalue weighted by molar-refractivity contribution is -0.127. The van der Waals surface area contributed by atoms with E-state index in [1.54, 1.807) is 12.1 Å². The van der Waals surface area contributed by atoms with Crippen LogP contribution in [0.1, 0.15) is 75.1 Å². The van der Waals surface area contributed by atoms with Crippen LogP contribution in [0.4, 0.5) is 0 Å². The number of ketones is 1. The Balaban J connectivity index is 1.31. The van der Waals surface area contributed by atoms with E-state index < -0.39 is 10.0 Å². The van der Waals surface area contributed by atoms with E-state index in [2.05, 4.69) is 5.32 Å². The van der Waals surface area contributed by atoms with Gasteiger partial charge in [-0.1, -0.05) is 37.8 Å². The van der Waals surface area contributed by atoms with Gasteiger partial charge in [0.25, 0.3) is 0 Å². The second kappa shape index (κ2) is 9.41. The Morgan fingerprint density at radius 1 is 0.968 bits per heavy atom. The number of Topliss-reactive ketones (excluding diaryl/α,β-unsaturated/α-hetero) is 1. The minimum absolute atomic E-state index is 0.0925. The van der Waals surface area contributed by atoms with Crippen molar-refractivity contribution in [3.05, 3.63) is 29.8 Å². The van der Waals surface area contributed by atoms with Gasteiger partial charge in [-0.2, -0.15) is 4.31 Å². The number of amides is 1. The van der Waals surface area contributed by atoms with Gasteiger partial charge in [-0.05, 0) is 63.0 Å². The van der Waals surface area contributed by atoms with Crippen LogP contribution in [0.25, 0.3) is 0 Å². The first-order valence-electron chi connectivity index (χ1n) is 11.8. The van der Waals surface area contributed by atoms with Crippen molar-refractivity contribution in [3.63, 3.8) is 0 Å². The lowest BCUT2D eigenvalue weighted by atomic mass is 9.69. The summed E-state index contributed by atoms with van der Waals surface area (Å²) in [5.41, 5.74) is 0.392. The second-order valence-electron chi connectivity index (χ2n) is 9.59. The predicted octanol–water partition coefficient (Wildman–Crippen LogP) is 3.77. The zero-order valence-corrected chi connectivity index (χ0v) is 19.2. The lowest BCUT2D eigenvalue weighted by Crippen LogP contribution is -2.47. The van der Waals surface area contributed by atoms with Crippen LogP contribution < -0.4 is 5.32 Å². The Hall–Kier alpha value is -1.73. The predicted molar refractivity (Wildman–Crippen MR) is 119 cm³/mol. The number of hydrogen-bond donors (Lipinski definition) is 1. The number of sulfonamides is 1. The molecule has 1 heterocycles. The molecule has 170 valence electrons. The maximum Gasteiger partial charge on any atom is 0.243 e. The number of carbonyl (C=O) groups is 2. The number of hydrogen-bond acceptors (Lipinski definition) is 4. The number of piperidine rings is 1. The van der Waals surface area contributed by atoms with Crippen molar-refractivity contribution >= 4 is 21.7 Å². The summed E-state index contributed by atoms with van der Waals surface area (Å²) in [6.45, 7) is 2.09. The number of rotatable bonds is 5. The fraction of sp³-hybridized carbons (Fsp3) is 0.667. The minimum Gasteiger partial charge on any atom is -0.353 e. The van der Waals surface area contributed by atoms with Crippen LogP contribution >= 0.6 is 0 Å². The van der Waals surface area contributed by atoms with E-state index in [9.17, 15) is 18.0 Å². The highest BCUT2D eigenvalue weighted by Crippen LogP contribution is 2.40. The number of nitrogens with one attached hydrogen (secondary N) is 1. The summed E-state index contributed by atoms with van der Waals surface area (Å²) in [7, 11) is -3.66. The first-order valence-corrected chi connectivity index (χ1v) is 13.2. The van der Waals surface area contributed by atoms with Crippen LogP contribution in [-0.2, 0) is 14.8 Å². The molecule has 31 heavy (non-hydrogen) atoms. The molecule has 1 saturated heterocycles. The van der Waals surface area contributed by atoms with Gasteiger partial charge >= 0.3 is 0 Å². The summed E-state index contributed by atoms with van der Waals surface area (Å²) < 4.78 is 27.5. The van der Waals surface area contributed by atoms with E-state index in [1.807, 2.05) is 0 Å². The van der Waals surface area contributed by atoms with E-state index in [-0.39, 0.29) is 28.5 Å². The van der Waals surface area contributed by atoms with Crippen LogP contribution in [0.5, 0.6) is 0 Å². The summed E-state index contributed by atoms with van der Waals surface area (Å²) >= 11 is 0. The van der Waals surface area contributed by atoms with Crippen molar-refractivity contribution in [2.24, 2.45) is 17.8 Å². The quantitative estimate of drug-likeness (QED) is 0.698. The molecule has 0 unspecified atom stereocenters. The molecule has 4 rings (SSSR count). The molecule has 0 bridgehead atoms. The molecule has 0 spiro atoms. The molecule has 3 atom stereocenters. The van der Waals surface area contributed by atoms with Crippen molar-refractivity contribution in [2.75, 3.05) is 13.1 Å². The molecule has 2 saturated carbocycles. The van der Waals surface area contributed by atoms with Gasteiger partial charge in [0.15, 0.2) is 5.78 Å². The highest BCUT2D eigenvalue weighted by molar-refractivity contribution is 7.89. The summed E-state index contributed by atoms with van der Waals surface area (Å²) in [5, 5.41) is 3.28. The van der Waals surface area contributed by atoms with Gasteiger partial charge in [-0.15, -0.1) is 0 Å². The highest BCUT2D eigenvalue weighted by Gasteiger charge is 2.36. The van der Waals surface area contributed by atoms with Crippen LogP contribution in [0.15, 0.2) is 29.2 Å². The number of fused-ring (bicyclic) bond motifs is 1. The molecule has 0 aromatic heterocycles. The van der Waals surface area contributed by atoms with E-state index in [0.717, 1.165) is 24.7 Å². The van der Waals surface area contributed by atoms with E-state index in [1.165, 1.54) is 55.5 Å². The maximum absolute atomic E-state index is 13.0. The molecular formula is C24H34N2O4S. The molecule has 1 amide bonds. The fourth-order valence-electron chi connectivity index (χ4n) is 5.71. The van der Waals surface area contributed by atoms with Gasteiger partial charge < -0.3 is 5.32 Å². The Labute approximate surface area is 185 Å². The fourth-order valence-corrected chi connectivity index (χ4v) is 7.22. The van der Waals surface area contributed by atoms with Gasteiger partial charge in [-0.3, -0.25) is 9.59 Å². The van der Waals surface area contributed by atoms with Crippen LogP contribution in [0.3, 0.4) is 0 Å². The van der Waals surface area contributed by atoms with Crippen LogP contribution in [0, 0.1) is 17.8 Å². The molecule has 1 N–H and O–H groups in total. The van der Waals surface area contributed by atoms with Crippen molar-refractivity contribution < 1.29 is 18.0 Å². The normalized spacial score (nSPS) is 28.0. The highest BCUT2D eigenvalue weighted by atomic mass is 32.2. The third-order valence-corrected chi connectivity index (χ3v) is 9.48. The molecule has 1 aliphatic heterocycles. The number of nitrogens with zero attached hydrogens (tertiary/aromatic N) is 1. The first kappa shape index (κ1) is 22.5. The van der Waals surface area contributed by atoms with Crippen molar-refractivity contribution in [1.29, 1.82) is 0 Å². The molecule has 3 aliphatic rings. The molecule has 1 aromatic carbocycles.